The van der Waals surface area contributed by atoms with E-state index in [0.717, 1.165) is 11.3 Å². The van der Waals surface area contributed by atoms with E-state index in [1.54, 1.807) is 39.2 Å². The Morgan fingerprint density at radius 3 is 2.47 bits per heavy atom. The average Bonchev–Trinajstić information content (AvgIpc) is 3.29. The van der Waals surface area contributed by atoms with Crippen LogP contribution in [0.2, 0.25) is 0 Å². The molecule has 8 nitrogen and oxygen atoms in total. The number of hydrogen-bond acceptors (Lipinski definition) is 8. The summed E-state index contributed by atoms with van der Waals surface area (Å²) < 4.78 is 17.0. The van der Waals surface area contributed by atoms with Crippen LogP contribution in [-0.4, -0.2) is 54.2 Å². The molecule has 38 heavy (non-hydrogen) atoms. The van der Waals surface area contributed by atoms with E-state index in [1.165, 1.54) is 11.8 Å². The zero-order valence-corrected chi connectivity index (χ0v) is 23.4. The van der Waals surface area contributed by atoms with Gasteiger partial charge in [0.1, 0.15) is 0 Å². The summed E-state index contributed by atoms with van der Waals surface area (Å²) in [7, 11) is 4.93. The predicted octanol–water partition coefficient (Wildman–Crippen LogP) is 5.28. The van der Waals surface area contributed by atoms with Gasteiger partial charge in [0.15, 0.2) is 16.7 Å². The lowest BCUT2D eigenvalue weighted by atomic mass is 9.92. The number of ether oxygens (including phenoxy) is 3. The molecule has 2 heterocycles. The molecule has 9 heteroatoms. The molecule has 2 aromatic carbocycles. The van der Waals surface area contributed by atoms with Crippen LogP contribution in [0.25, 0.3) is 0 Å². The van der Waals surface area contributed by atoms with Crippen LogP contribution in [0.1, 0.15) is 44.4 Å². The van der Waals surface area contributed by atoms with Crippen LogP contribution in [0, 0.1) is 0 Å². The van der Waals surface area contributed by atoms with E-state index in [1.807, 2.05) is 66.6 Å². The standard InChI is InChI=1S/C29H33N3O5S/c1-18(2)37-28(34)25-19(3)30-29-32(26(25)22-13-10-14-23(35-5)27(22)36-6)21(17-38-29)15-24(33)31(4)16-20-11-8-7-9-12-20/h7-14,17-18,26H,15-16H2,1-6H3/t26-/m1/s1. The lowest BCUT2D eigenvalue weighted by Crippen LogP contribution is -2.38. The molecule has 0 spiro atoms. The highest BCUT2D eigenvalue weighted by Gasteiger charge is 2.43. The van der Waals surface area contributed by atoms with Crippen molar-refractivity contribution in [2.75, 3.05) is 21.3 Å². The van der Waals surface area contributed by atoms with Crippen LogP contribution in [0.3, 0.4) is 0 Å². The van der Waals surface area contributed by atoms with E-state index in [9.17, 15) is 9.59 Å². The maximum Gasteiger partial charge on any atom is 0.338 e. The topological polar surface area (TPSA) is 80.7 Å². The number of hydrogen-bond donors (Lipinski definition) is 0. The van der Waals surface area contributed by atoms with Gasteiger partial charge in [-0.3, -0.25) is 4.79 Å². The van der Waals surface area contributed by atoms with Gasteiger partial charge in [-0.2, -0.15) is 0 Å². The first-order valence-corrected chi connectivity index (χ1v) is 13.3. The van der Waals surface area contributed by atoms with Crippen LogP contribution in [0.4, 0.5) is 0 Å². The van der Waals surface area contributed by atoms with Crippen molar-refractivity contribution in [3.63, 3.8) is 0 Å². The second kappa shape index (κ2) is 11.8. The summed E-state index contributed by atoms with van der Waals surface area (Å²) in [6, 6.07) is 14.8. The molecule has 2 aliphatic rings. The molecule has 0 saturated carbocycles. The van der Waals surface area contributed by atoms with Gasteiger partial charge in [-0.1, -0.05) is 54.2 Å². The van der Waals surface area contributed by atoms with Gasteiger partial charge in [-0.05, 0) is 37.8 Å². The number of para-hydroxylation sites is 1. The van der Waals surface area contributed by atoms with Gasteiger partial charge in [0.2, 0.25) is 5.91 Å². The Balaban J connectivity index is 1.72. The third-order valence-corrected chi connectivity index (χ3v) is 7.20. The molecule has 0 N–H and O–H groups in total. The van der Waals surface area contributed by atoms with Crippen LogP contribution >= 0.6 is 11.8 Å². The van der Waals surface area contributed by atoms with Gasteiger partial charge >= 0.3 is 5.97 Å². The van der Waals surface area contributed by atoms with E-state index in [0.29, 0.717) is 40.0 Å². The Labute approximate surface area is 228 Å². The Morgan fingerprint density at radius 2 is 1.82 bits per heavy atom. The van der Waals surface area contributed by atoms with Crippen molar-refractivity contribution in [3.05, 3.63) is 82.0 Å². The Hall–Kier alpha value is -3.72. The van der Waals surface area contributed by atoms with Crippen molar-refractivity contribution in [2.24, 2.45) is 4.99 Å². The smallest absolute Gasteiger partial charge is 0.338 e. The van der Waals surface area contributed by atoms with Crippen molar-refractivity contribution >= 4 is 28.8 Å². The number of carbonyl (C=O) groups excluding carboxylic acids is 2. The van der Waals surface area contributed by atoms with Crippen LogP contribution in [0.5, 0.6) is 11.5 Å². The number of amides is 1. The summed E-state index contributed by atoms with van der Waals surface area (Å²) in [6.07, 6.45) is -0.166. The largest absolute Gasteiger partial charge is 0.493 e. The molecule has 4 rings (SSSR count). The number of amidine groups is 1. The number of aliphatic imine (C=N–C) groups is 1. The first kappa shape index (κ1) is 27.3. The summed E-state index contributed by atoms with van der Waals surface area (Å²) in [5, 5.41) is 2.61. The molecule has 0 unspecified atom stereocenters. The van der Waals surface area contributed by atoms with Crippen molar-refractivity contribution in [3.8, 4) is 11.5 Å². The highest BCUT2D eigenvalue weighted by atomic mass is 32.2. The van der Waals surface area contributed by atoms with E-state index in [2.05, 4.69) is 0 Å². The minimum Gasteiger partial charge on any atom is -0.493 e. The van der Waals surface area contributed by atoms with Crippen molar-refractivity contribution in [2.45, 2.75) is 45.9 Å². The Morgan fingerprint density at radius 1 is 1.08 bits per heavy atom. The van der Waals surface area contributed by atoms with Gasteiger partial charge in [0, 0.05) is 24.9 Å². The maximum absolute atomic E-state index is 13.4. The fourth-order valence-corrected chi connectivity index (χ4v) is 5.53. The minimum atomic E-state index is -0.618. The van der Waals surface area contributed by atoms with Gasteiger partial charge in [0.25, 0.3) is 0 Å². The number of thioether (sulfide) groups is 1. The lowest BCUT2D eigenvalue weighted by molar-refractivity contribution is -0.143. The number of fused-ring (bicyclic) bond motifs is 1. The average molecular weight is 536 g/mol. The second-order valence-corrected chi connectivity index (χ2v) is 10.2. The molecule has 0 aromatic heterocycles. The Kier molecular flexibility index (Phi) is 8.46. The summed E-state index contributed by atoms with van der Waals surface area (Å²) in [5.74, 6) is 0.543. The lowest BCUT2D eigenvalue weighted by Gasteiger charge is -2.37. The maximum atomic E-state index is 13.4. The van der Waals surface area contributed by atoms with Crippen molar-refractivity contribution in [1.82, 2.24) is 9.80 Å². The van der Waals surface area contributed by atoms with Crippen molar-refractivity contribution < 1.29 is 23.8 Å². The van der Waals surface area contributed by atoms with Gasteiger partial charge in [-0.25, -0.2) is 9.79 Å². The first-order valence-electron chi connectivity index (χ1n) is 12.4. The Bertz CT molecular complexity index is 1300. The summed E-state index contributed by atoms with van der Waals surface area (Å²) in [6.45, 7) is 5.92. The molecule has 0 bridgehead atoms. The molecule has 2 aliphatic heterocycles. The number of benzene rings is 2. The van der Waals surface area contributed by atoms with E-state index in [-0.39, 0.29) is 18.4 Å². The summed E-state index contributed by atoms with van der Waals surface area (Å²) in [5.41, 5.74) is 3.47. The molecule has 0 fully saturated rings. The van der Waals surface area contributed by atoms with Gasteiger partial charge < -0.3 is 24.0 Å². The highest BCUT2D eigenvalue weighted by molar-refractivity contribution is 8.16. The molecular formula is C29H33N3O5S. The monoisotopic (exact) mass is 535 g/mol. The minimum absolute atomic E-state index is 0.0455. The molecule has 0 saturated heterocycles. The third-order valence-electron chi connectivity index (χ3n) is 6.31. The quantitative estimate of drug-likeness (QED) is 0.404. The van der Waals surface area contributed by atoms with Crippen LogP contribution in [0.15, 0.2) is 75.9 Å². The number of methoxy groups -OCH3 is 2. The van der Waals surface area contributed by atoms with Crippen LogP contribution in [-0.2, 0) is 20.9 Å². The fourth-order valence-electron chi connectivity index (χ4n) is 4.57. The zero-order valence-electron chi connectivity index (χ0n) is 22.6. The zero-order chi connectivity index (χ0) is 27.4. The fraction of sp³-hybridized carbons (Fsp3) is 0.345. The van der Waals surface area contributed by atoms with Gasteiger partial charge in [-0.15, -0.1) is 0 Å². The highest BCUT2D eigenvalue weighted by Crippen LogP contribution is 2.48. The molecule has 2 aromatic rings. The molecule has 200 valence electrons. The number of nitrogens with zero attached hydrogens (tertiary/aromatic N) is 3. The molecule has 1 amide bonds. The van der Waals surface area contributed by atoms with Gasteiger partial charge in [0.05, 0.1) is 44.1 Å². The summed E-state index contributed by atoms with van der Waals surface area (Å²) >= 11 is 1.43. The number of esters is 1. The molecular weight excluding hydrogens is 502 g/mol. The number of carbonyl (C=O) groups is 2. The predicted molar refractivity (Wildman–Crippen MR) is 149 cm³/mol. The van der Waals surface area contributed by atoms with E-state index in [4.69, 9.17) is 19.2 Å². The number of rotatable bonds is 9. The first-order chi connectivity index (χ1) is 18.2. The SMILES string of the molecule is COc1cccc([C@@H]2C(C(=O)OC(C)C)=C(C)N=C3SC=C(CC(=O)N(C)Cc4ccccc4)N32)c1OC. The van der Waals surface area contributed by atoms with E-state index < -0.39 is 12.0 Å². The number of allylic oxidation sites excluding steroid dienone is 1. The molecule has 0 aliphatic carbocycles. The second-order valence-electron chi connectivity index (χ2n) is 9.34. The normalized spacial score (nSPS) is 16.6. The van der Waals surface area contributed by atoms with Crippen molar-refractivity contribution in [1.29, 1.82) is 0 Å². The molecule has 1 atom stereocenters. The van der Waals surface area contributed by atoms with Crippen LogP contribution < -0.4 is 9.47 Å². The summed E-state index contributed by atoms with van der Waals surface area (Å²) in [4.78, 5) is 35.1. The third kappa shape index (κ3) is 5.57. The molecule has 0 radical (unpaired) electrons. The van der Waals surface area contributed by atoms with E-state index >= 15 is 0 Å².